The summed E-state index contributed by atoms with van der Waals surface area (Å²) >= 11 is 0. The van der Waals surface area contributed by atoms with E-state index < -0.39 is 0 Å². The Balaban J connectivity index is 1.24. The molecule has 2 aromatic carbocycles. The first-order valence-corrected chi connectivity index (χ1v) is 9.77. The lowest BCUT2D eigenvalue weighted by atomic mass is 10.2. The van der Waals surface area contributed by atoms with E-state index in [0.717, 1.165) is 44.2 Å². The van der Waals surface area contributed by atoms with Gasteiger partial charge in [0.2, 0.25) is 0 Å². The van der Waals surface area contributed by atoms with Crippen LogP contribution in [0.2, 0.25) is 0 Å². The van der Waals surface area contributed by atoms with E-state index in [0.29, 0.717) is 24.2 Å². The molecule has 8 heteroatoms. The molecule has 152 valence electrons. The Morgan fingerprint density at radius 1 is 0.931 bits per heavy atom. The summed E-state index contributed by atoms with van der Waals surface area (Å²) in [6.07, 6.45) is 0. The number of hydrogen-bond acceptors (Lipinski definition) is 7. The molecule has 4 rings (SSSR count). The zero-order valence-electron chi connectivity index (χ0n) is 16.5. The Bertz CT molecular complexity index is 997. The van der Waals surface area contributed by atoms with Crippen LogP contribution in [0.25, 0.3) is 10.9 Å². The second kappa shape index (κ2) is 9.02. The molecule has 1 aliphatic heterocycles. The van der Waals surface area contributed by atoms with E-state index in [9.17, 15) is 4.79 Å². The SMILES string of the molecule is COc1ccc(OCCN2CCN(Cn3nnc4ccccc4c3=O)CC2)cc1. The number of aromatic nitrogens is 3. The Kier molecular flexibility index (Phi) is 6.02. The van der Waals surface area contributed by atoms with Gasteiger partial charge in [-0.1, -0.05) is 17.3 Å². The minimum atomic E-state index is -0.0917. The van der Waals surface area contributed by atoms with E-state index in [4.69, 9.17) is 9.47 Å². The molecule has 2 heterocycles. The molecule has 1 aliphatic rings. The van der Waals surface area contributed by atoms with Crippen LogP contribution < -0.4 is 15.0 Å². The predicted octanol–water partition coefficient (Wildman–Crippen LogP) is 1.45. The van der Waals surface area contributed by atoms with Crippen molar-refractivity contribution in [3.05, 3.63) is 58.9 Å². The molecule has 1 aromatic heterocycles. The van der Waals surface area contributed by atoms with Crippen LogP contribution in [0.5, 0.6) is 11.5 Å². The highest BCUT2D eigenvalue weighted by Crippen LogP contribution is 2.17. The molecule has 29 heavy (non-hydrogen) atoms. The van der Waals surface area contributed by atoms with Crippen LogP contribution in [-0.2, 0) is 6.67 Å². The van der Waals surface area contributed by atoms with Crippen molar-refractivity contribution in [1.82, 2.24) is 24.8 Å². The first-order valence-electron chi connectivity index (χ1n) is 9.77. The molecule has 8 nitrogen and oxygen atoms in total. The minimum Gasteiger partial charge on any atom is -0.497 e. The average molecular weight is 395 g/mol. The fraction of sp³-hybridized carbons (Fsp3) is 0.381. The molecule has 0 saturated carbocycles. The van der Waals surface area contributed by atoms with Crippen LogP contribution >= 0.6 is 0 Å². The Hall–Kier alpha value is -2.97. The van der Waals surface area contributed by atoms with Crippen molar-refractivity contribution in [3.63, 3.8) is 0 Å². The maximum Gasteiger partial charge on any atom is 0.278 e. The molecule has 0 aliphatic carbocycles. The van der Waals surface area contributed by atoms with Gasteiger partial charge in [0, 0.05) is 32.7 Å². The summed E-state index contributed by atoms with van der Waals surface area (Å²) in [5.74, 6) is 1.67. The average Bonchev–Trinajstić information content (AvgIpc) is 2.77. The van der Waals surface area contributed by atoms with Crippen LogP contribution in [0.15, 0.2) is 53.3 Å². The van der Waals surface area contributed by atoms with Gasteiger partial charge in [0.1, 0.15) is 23.6 Å². The summed E-state index contributed by atoms with van der Waals surface area (Å²) in [7, 11) is 1.65. The molecule has 0 spiro atoms. The quantitative estimate of drug-likeness (QED) is 0.600. The second-order valence-electron chi connectivity index (χ2n) is 7.04. The smallest absolute Gasteiger partial charge is 0.278 e. The molecule has 3 aromatic rings. The molecule has 1 fully saturated rings. The standard InChI is InChI=1S/C21H25N5O3/c1-28-17-6-8-18(9-7-17)29-15-14-24-10-12-25(13-11-24)16-26-21(27)19-4-2-3-5-20(19)22-23-26/h2-9H,10-16H2,1H3. The van der Waals surface area contributed by atoms with E-state index in [-0.39, 0.29) is 5.56 Å². The summed E-state index contributed by atoms with van der Waals surface area (Å²) < 4.78 is 12.4. The van der Waals surface area contributed by atoms with Crippen molar-refractivity contribution in [2.75, 3.05) is 46.4 Å². The van der Waals surface area contributed by atoms with Gasteiger partial charge in [-0.2, -0.15) is 4.68 Å². The summed E-state index contributed by atoms with van der Waals surface area (Å²) in [5.41, 5.74) is 0.543. The van der Waals surface area contributed by atoms with Gasteiger partial charge in [0.25, 0.3) is 5.56 Å². The van der Waals surface area contributed by atoms with Crippen molar-refractivity contribution in [1.29, 1.82) is 0 Å². The predicted molar refractivity (Wildman–Crippen MR) is 110 cm³/mol. The molecule has 0 atom stereocenters. The maximum absolute atomic E-state index is 12.6. The van der Waals surface area contributed by atoms with Crippen molar-refractivity contribution in [3.8, 4) is 11.5 Å². The van der Waals surface area contributed by atoms with E-state index in [1.54, 1.807) is 19.2 Å². The van der Waals surface area contributed by atoms with E-state index in [2.05, 4.69) is 20.1 Å². The number of hydrogen-bond donors (Lipinski definition) is 0. The van der Waals surface area contributed by atoms with Crippen LogP contribution in [0.4, 0.5) is 0 Å². The third-order valence-corrected chi connectivity index (χ3v) is 5.16. The molecule has 0 bridgehead atoms. The van der Waals surface area contributed by atoms with Crippen molar-refractivity contribution in [2.45, 2.75) is 6.67 Å². The molecule has 0 N–H and O–H groups in total. The normalized spacial score (nSPS) is 15.5. The van der Waals surface area contributed by atoms with Crippen molar-refractivity contribution in [2.24, 2.45) is 0 Å². The van der Waals surface area contributed by atoms with Gasteiger partial charge in [-0.15, -0.1) is 5.10 Å². The van der Waals surface area contributed by atoms with E-state index >= 15 is 0 Å². The highest BCUT2D eigenvalue weighted by molar-refractivity contribution is 5.76. The number of fused-ring (bicyclic) bond motifs is 1. The summed E-state index contributed by atoms with van der Waals surface area (Å²) in [5, 5.41) is 8.85. The number of nitrogens with zero attached hydrogens (tertiary/aromatic N) is 5. The topological polar surface area (TPSA) is 72.7 Å². The van der Waals surface area contributed by atoms with E-state index in [1.165, 1.54) is 4.68 Å². The number of rotatable bonds is 7. The number of piperazine rings is 1. The minimum absolute atomic E-state index is 0.0917. The molecule has 0 radical (unpaired) electrons. The van der Waals surface area contributed by atoms with Gasteiger partial charge in [-0.25, -0.2) is 0 Å². The fourth-order valence-corrected chi connectivity index (χ4v) is 3.42. The Labute approximate surface area is 169 Å². The second-order valence-corrected chi connectivity index (χ2v) is 7.04. The summed E-state index contributed by atoms with van der Waals surface area (Å²) in [4.78, 5) is 17.2. The third-order valence-electron chi connectivity index (χ3n) is 5.16. The lowest BCUT2D eigenvalue weighted by Crippen LogP contribution is -2.49. The van der Waals surface area contributed by atoms with Gasteiger partial charge < -0.3 is 9.47 Å². The zero-order valence-corrected chi connectivity index (χ0v) is 16.5. The van der Waals surface area contributed by atoms with Gasteiger partial charge in [0.15, 0.2) is 0 Å². The van der Waals surface area contributed by atoms with Crippen LogP contribution in [0, 0.1) is 0 Å². The van der Waals surface area contributed by atoms with Crippen LogP contribution in [-0.4, -0.2) is 71.2 Å². The van der Waals surface area contributed by atoms with Crippen LogP contribution in [0.1, 0.15) is 0 Å². The lowest BCUT2D eigenvalue weighted by molar-refractivity contribution is 0.0903. The Morgan fingerprint density at radius 2 is 1.62 bits per heavy atom. The third kappa shape index (κ3) is 4.72. The highest BCUT2D eigenvalue weighted by Gasteiger charge is 2.18. The van der Waals surface area contributed by atoms with Crippen molar-refractivity contribution < 1.29 is 9.47 Å². The maximum atomic E-state index is 12.6. The first-order chi connectivity index (χ1) is 14.2. The van der Waals surface area contributed by atoms with Gasteiger partial charge >= 0.3 is 0 Å². The lowest BCUT2D eigenvalue weighted by Gasteiger charge is -2.34. The Morgan fingerprint density at radius 3 is 2.38 bits per heavy atom. The molecule has 0 amide bonds. The van der Waals surface area contributed by atoms with Gasteiger partial charge in [-0.3, -0.25) is 14.6 Å². The molecular weight excluding hydrogens is 370 g/mol. The van der Waals surface area contributed by atoms with Gasteiger partial charge in [0.05, 0.1) is 19.2 Å². The number of ether oxygens (including phenoxy) is 2. The molecule has 0 unspecified atom stereocenters. The monoisotopic (exact) mass is 395 g/mol. The number of methoxy groups -OCH3 is 1. The fourth-order valence-electron chi connectivity index (χ4n) is 3.42. The van der Waals surface area contributed by atoms with Crippen LogP contribution in [0.3, 0.4) is 0 Å². The van der Waals surface area contributed by atoms with Gasteiger partial charge in [-0.05, 0) is 36.4 Å². The van der Waals surface area contributed by atoms with E-state index in [1.807, 2.05) is 36.4 Å². The molecular formula is C21H25N5O3. The largest absolute Gasteiger partial charge is 0.497 e. The number of benzene rings is 2. The first kappa shape index (κ1) is 19.4. The van der Waals surface area contributed by atoms with Crippen molar-refractivity contribution >= 4 is 10.9 Å². The molecule has 1 saturated heterocycles. The summed E-state index contributed by atoms with van der Waals surface area (Å²) in [6.45, 7) is 5.60. The zero-order chi connectivity index (χ0) is 20.1. The highest BCUT2D eigenvalue weighted by atomic mass is 16.5. The summed E-state index contributed by atoms with van der Waals surface area (Å²) in [6, 6.07) is 14.9.